The fourth-order valence-corrected chi connectivity index (χ4v) is 3.75. The van der Waals surface area contributed by atoms with Gasteiger partial charge in [-0.15, -0.1) is 0 Å². The van der Waals surface area contributed by atoms with Crippen LogP contribution in [0, 0.1) is 0 Å². The number of para-hydroxylation sites is 4. The van der Waals surface area contributed by atoms with E-state index in [2.05, 4.69) is 6.92 Å². The summed E-state index contributed by atoms with van der Waals surface area (Å²) in [5, 5.41) is 9.36. The van der Waals surface area contributed by atoms with Gasteiger partial charge >= 0.3 is 5.97 Å². The zero-order valence-corrected chi connectivity index (χ0v) is 20.4. The van der Waals surface area contributed by atoms with Crippen molar-refractivity contribution in [3.05, 3.63) is 48.5 Å². The lowest BCUT2D eigenvalue weighted by Crippen LogP contribution is -2.46. The minimum Gasteiger partial charge on any atom is -0.487 e. The van der Waals surface area contributed by atoms with Crippen molar-refractivity contribution in [1.29, 1.82) is 0 Å². The van der Waals surface area contributed by atoms with Crippen molar-refractivity contribution in [2.45, 2.75) is 44.6 Å². The molecule has 0 aromatic heterocycles. The average molecular weight is 489 g/mol. The maximum Gasteiger partial charge on any atom is 0.329 e. The van der Waals surface area contributed by atoms with Crippen molar-refractivity contribution in [3.8, 4) is 23.0 Å². The number of fused-ring (bicyclic) bond motifs is 2. The number of carboxylic acids is 1. The highest BCUT2D eigenvalue weighted by Crippen LogP contribution is 2.32. The van der Waals surface area contributed by atoms with Crippen LogP contribution in [0.5, 0.6) is 23.0 Å². The minimum absolute atomic E-state index is 0.103. The number of hydrogen-bond acceptors (Lipinski definition) is 7. The summed E-state index contributed by atoms with van der Waals surface area (Å²) in [6.45, 7) is 3.42. The summed E-state index contributed by atoms with van der Waals surface area (Å²) in [5.74, 6) is 1.24. The van der Waals surface area contributed by atoms with Crippen LogP contribution in [0.3, 0.4) is 0 Å². The zero-order valence-electron chi connectivity index (χ0n) is 20.4. The van der Waals surface area contributed by atoms with Gasteiger partial charge in [0.15, 0.2) is 23.0 Å². The fraction of sp³-hybridized carbons (Fsp3) is 0.519. The first-order chi connectivity index (χ1) is 17.1. The Kier molecular flexibility index (Phi) is 11.0. The van der Waals surface area contributed by atoms with E-state index >= 15 is 0 Å². The van der Waals surface area contributed by atoms with Gasteiger partial charge < -0.3 is 33.5 Å². The molecule has 0 amide bonds. The van der Waals surface area contributed by atoms with Crippen LogP contribution < -0.4 is 18.9 Å². The van der Waals surface area contributed by atoms with Gasteiger partial charge in [-0.1, -0.05) is 56.9 Å². The summed E-state index contributed by atoms with van der Waals surface area (Å²) in [5.41, 5.74) is -0.980. The molecule has 0 saturated carbocycles. The summed E-state index contributed by atoms with van der Waals surface area (Å²) < 4.78 is 35.7. The van der Waals surface area contributed by atoms with Gasteiger partial charge in [0.25, 0.3) is 0 Å². The van der Waals surface area contributed by atoms with E-state index in [1.807, 2.05) is 48.5 Å². The number of rotatable bonds is 8. The molecule has 0 atom stereocenters. The Morgan fingerprint density at radius 2 is 1.31 bits per heavy atom. The molecule has 1 N–H and O–H groups in total. The predicted molar refractivity (Wildman–Crippen MR) is 131 cm³/mol. The Bertz CT molecular complexity index is 845. The summed E-state index contributed by atoms with van der Waals surface area (Å²) in [6, 6.07) is 14.8. The van der Waals surface area contributed by atoms with Gasteiger partial charge in [-0.25, -0.2) is 4.79 Å². The van der Waals surface area contributed by atoms with Crippen LogP contribution in [-0.2, 0) is 14.3 Å². The molecule has 2 aromatic carbocycles. The molecule has 1 heterocycles. The maximum atomic E-state index is 11.4. The number of unbranched alkanes of at least 4 members (excludes halogenated alkanes) is 3. The molecule has 0 saturated heterocycles. The van der Waals surface area contributed by atoms with Gasteiger partial charge in [-0.2, -0.15) is 0 Å². The fourth-order valence-electron chi connectivity index (χ4n) is 3.75. The third-order valence-electron chi connectivity index (χ3n) is 5.64. The first kappa shape index (κ1) is 26.6. The van der Waals surface area contributed by atoms with E-state index in [4.69, 9.17) is 28.4 Å². The summed E-state index contributed by atoms with van der Waals surface area (Å²) >= 11 is 0. The second-order valence-electron chi connectivity index (χ2n) is 8.46. The van der Waals surface area contributed by atoms with E-state index in [9.17, 15) is 9.90 Å². The molecule has 3 rings (SSSR count). The Hall–Kier alpha value is -2.97. The van der Waals surface area contributed by atoms with Crippen molar-refractivity contribution in [2.75, 3.05) is 46.2 Å². The lowest BCUT2D eigenvalue weighted by Gasteiger charge is -2.33. The molecular formula is C27H36O8. The van der Waals surface area contributed by atoms with E-state index in [-0.39, 0.29) is 13.2 Å². The number of carboxylic acid groups (broad SMARTS) is 1. The van der Waals surface area contributed by atoms with E-state index in [0.29, 0.717) is 55.8 Å². The highest BCUT2D eigenvalue weighted by Gasteiger charge is 2.35. The molecule has 0 aliphatic carbocycles. The average Bonchev–Trinajstić information content (AvgIpc) is 2.87. The maximum absolute atomic E-state index is 11.4. The van der Waals surface area contributed by atoms with Crippen LogP contribution in [0.25, 0.3) is 0 Å². The second kappa shape index (κ2) is 14.4. The second-order valence-corrected chi connectivity index (χ2v) is 8.46. The summed E-state index contributed by atoms with van der Waals surface area (Å²) in [7, 11) is 0. The normalized spacial score (nSPS) is 16.4. The van der Waals surface area contributed by atoms with Gasteiger partial charge in [0, 0.05) is 0 Å². The molecule has 0 radical (unpaired) electrons. The summed E-state index contributed by atoms with van der Waals surface area (Å²) in [4.78, 5) is 11.4. The van der Waals surface area contributed by atoms with Gasteiger partial charge in [0.05, 0.1) is 13.2 Å². The van der Waals surface area contributed by atoms with Gasteiger partial charge in [0.1, 0.15) is 38.6 Å². The largest absolute Gasteiger partial charge is 0.487 e. The lowest BCUT2D eigenvalue weighted by atomic mass is 9.96. The highest BCUT2D eigenvalue weighted by atomic mass is 16.6. The van der Waals surface area contributed by atoms with E-state index in [0.717, 1.165) is 25.7 Å². The number of aliphatic carboxylic acids is 1. The monoisotopic (exact) mass is 488 g/mol. The SMILES string of the molecule is CCCCCCC1(OCC(=O)O)COc2ccccc2OCCOCCOc2ccccc2OC1. The van der Waals surface area contributed by atoms with Crippen LogP contribution in [0.1, 0.15) is 39.0 Å². The van der Waals surface area contributed by atoms with Gasteiger partial charge in [-0.3, -0.25) is 0 Å². The number of benzene rings is 2. The first-order valence-electron chi connectivity index (χ1n) is 12.2. The quantitative estimate of drug-likeness (QED) is 0.533. The van der Waals surface area contributed by atoms with Crippen molar-refractivity contribution in [3.63, 3.8) is 0 Å². The smallest absolute Gasteiger partial charge is 0.329 e. The van der Waals surface area contributed by atoms with E-state index < -0.39 is 18.2 Å². The molecule has 2 aromatic rings. The highest BCUT2D eigenvalue weighted by molar-refractivity contribution is 5.68. The Labute approximate surface area is 207 Å². The van der Waals surface area contributed by atoms with Crippen LogP contribution >= 0.6 is 0 Å². The van der Waals surface area contributed by atoms with Crippen LogP contribution in [0.2, 0.25) is 0 Å². The first-order valence-corrected chi connectivity index (χ1v) is 12.2. The van der Waals surface area contributed by atoms with Crippen LogP contribution in [0.15, 0.2) is 48.5 Å². The van der Waals surface area contributed by atoms with Crippen molar-refractivity contribution >= 4 is 5.97 Å². The molecule has 0 bridgehead atoms. The Morgan fingerprint density at radius 1 is 0.800 bits per heavy atom. The Morgan fingerprint density at radius 3 is 1.80 bits per heavy atom. The minimum atomic E-state index is -1.04. The number of carbonyl (C=O) groups is 1. The lowest BCUT2D eigenvalue weighted by molar-refractivity contribution is -0.156. The van der Waals surface area contributed by atoms with Crippen LogP contribution in [-0.4, -0.2) is 62.9 Å². The molecule has 8 nitrogen and oxygen atoms in total. The standard InChI is InChI=1S/C27H36O8/c1-2-3-4-9-14-27(35-19-26(28)29)20-33-24-12-7-5-10-22(24)31-17-15-30-16-18-32-23-11-6-8-13-25(23)34-21-27/h5-8,10-13H,2-4,9,14-21H2,1H3,(H,28,29). The third kappa shape index (κ3) is 8.96. The molecule has 1 aliphatic heterocycles. The van der Waals surface area contributed by atoms with Gasteiger partial charge in [0.2, 0.25) is 0 Å². The molecule has 0 unspecified atom stereocenters. The van der Waals surface area contributed by atoms with E-state index in [1.54, 1.807) is 0 Å². The predicted octanol–water partition coefficient (Wildman–Crippen LogP) is 4.74. The van der Waals surface area contributed by atoms with E-state index in [1.165, 1.54) is 0 Å². The molecule has 35 heavy (non-hydrogen) atoms. The van der Waals surface area contributed by atoms with Crippen LogP contribution in [0.4, 0.5) is 0 Å². The van der Waals surface area contributed by atoms with Crippen molar-refractivity contribution in [1.82, 2.24) is 0 Å². The van der Waals surface area contributed by atoms with Crippen molar-refractivity contribution in [2.24, 2.45) is 0 Å². The molecule has 192 valence electrons. The topological polar surface area (TPSA) is 92.7 Å². The molecule has 0 fully saturated rings. The molecule has 8 heteroatoms. The molecular weight excluding hydrogens is 452 g/mol. The van der Waals surface area contributed by atoms with Gasteiger partial charge in [-0.05, 0) is 30.7 Å². The number of ether oxygens (including phenoxy) is 6. The zero-order chi connectivity index (χ0) is 24.8. The third-order valence-corrected chi connectivity index (χ3v) is 5.64. The summed E-state index contributed by atoms with van der Waals surface area (Å²) in [6.07, 6.45) is 4.63. The number of hydrogen-bond donors (Lipinski definition) is 1. The molecule has 1 aliphatic rings. The Balaban J connectivity index is 1.88. The molecule has 0 spiro atoms. The van der Waals surface area contributed by atoms with Crippen molar-refractivity contribution < 1.29 is 38.3 Å².